The molecule has 0 unspecified atom stereocenters. The van der Waals surface area contributed by atoms with Crippen molar-refractivity contribution < 1.29 is 48.6 Å². The molecular formula is C44H52N2O11. The summed E-state index contributed by atoms with van der Waals surface area (Å²) in [6, 6.07) is 5.45. The van der Waals surface area contributed by atoms with Crippen LogP contribution in [0.2, 0.25) is 0 Å². The molecule has 57 heavy (non-hydrogen) atoms. The van der Waals surface area contributed by atoms with Gasteiger partial charge in [-0.15, -0.1) is 0 Å². The molecule has 9 atom stereocenters. The van der Waals surface area contributed by atoms with E-state index in [1.54, 1.807) is 58.9 Å². The van der Waals surface area contributed by atoms with Gasteiger partial charge in [-0.25, -0.2) is 4.98 Å². The minimum Gasteiger partial charge on any atom is -0.507 e. The Morgan fingerprint density at radius 2 is 1.60 bits per heavy atom. The molecule has 13 heteroatoms. The Hall–Kier alpha value is -5.08. The Kier molecular flexibility index (Phi) is 11.4. The van der Waals surface area contributed by atoms with E-state index in [2.05, 4.69) is 5.32 Å². The summed E-state index contributed by atoms with van der Waals surface area (Å²) in [6.45, 7) is 15.4. The van der Waals surface area contributed by atoms with Gasteiger partial charge in [0, 0.05) is 54.2 Å². The third-order valence-electron chi connectivity index (χ3n) is 11.8. The van der Waals surface area contributed by atoms with Gasteiger partial charge in [0.2, 0.25) is 5.43 Å². The van der Waals surface area contributed by atoms with Gasteiger partial charge in [0.05, 0.1) is 41.6 Å². The SMILES string of the molecule is CO[C@H]1/C=C/O[C@@]2(C)Oc3c(C)c(O)c4c(=O)c(c5oc6cc(C(C)C)ccc6nc-5c4c3C2=O)NC(=O)/C(C)=C\C=C\[C@H](C)[C@H](O)[C@@H](C)[C@@H](O)[C@@H](C)[C@H](O)[C@@H]1C. The van der Waals surface area contributed by atoms with Crippen molar-refractivity contribution in [3.8, 4) is 23.0 Å². The molecule has 2 aromatic carbocycles. The molecule has 0 saturated heterocycles. The molecule has 13 nitrogen and oxygen atoms in total. The number of aliphatic hydroxyl groups is 3. The highest BCUT2D eigenvalue weighted by Crippen LogP contribution is 2.50. The zero-order valence-electron chi connectivity index (χ0n) is 33.9. The fourth-order valence-corrected chi connectivity index (χ4v) is 7.79. The number of phenolic OH excluding ortho intramolecular Hbond substituents is 1. The number of rotatable bonds is 2. The number of aliphatic hydroxyl groups excluding tert-OH is 3. The predicted molar refractivity (Wildman–Crippen MR) is 215 cm³/mol. The first-order valence-corrected chi connectivity index (χ1v) is 19.2. The maximum atomic E-state index is 14.6. The third kappa shape index (κ3) is 7.22. The van der Waals surface area contributed by atoms with Crippen molar-refractivity contribution in [3.05, 3.63) is 81.3 Å². The minimum atomic E-state index is -1.98. The third-order valence-corrected chi connectivity index (χ3v) is 11.8. The number of methoxy groups -OCH3 is 1. The molecule has 1 amide bonds. The molecule has 4 bridgehead atoms. The standard InChI is InChI=1S/C44H52N2O11/c1-19(2)26-14-15-27-29(18-26)56-41-33(45-27)30-31-38(50)25(8)40-32(30)42(52)44(9,57-40)55-17-16-28(54-10)22(5)36(48)24(7)37(49)23(6)35(47)20(3)12-11-13-21(4)43(53)46-34(41)39(31)51/h11-20,22-24,28,35-37,47-50H,1-10H3,(H,46,53)/b12-11+,17-16+,21-13-/t20-,22+,23+,24-,28-,35-,36+,37+,44-/m0/s1. The van der Waals surface area contributed by atoms with E-state index in [4.69, 9.17) is 23.6 Å². The van der Waals surface area contributed by atoms with Crippen LogP contribution in [-0.4, -0.2) is 74.4 Å². The molecule has 0 aromatic heterocycles. The van der Waals surface area contributed by atoms with Crippen molar-refractivity contribution in [1.29, 1.82) is 0 Å². The van der Waals surface area contributed by atoms with Crippen LogP contribution in [0.25, 0.3) is 33.3 Å². The van der Waals surface area contributed by atoms with Crippen molar-refractivity contribution in [2.45, 2.75) is 98.4 Å². The van der Waals surface area contributed by atoms with Gasteiger partial charge in [-0.1, -0.05) is 65.8 Å². The molecule has 0 saturated carbocycles. The average molecular weight is 785 g/mol. The van der Waals surface area contributed by atoms with Crippen LogP contribution in [0.5, 0.6) is 11.5 Å². The maximum absolute atomic E-state index is 14.6. The van der Waals surface area contributed by atoms with Crippen LogP contribution in [0.4, 0.5) is 5.69 Å². The number of ketones is 1. The fraction of sp³-hybridized carbons (Fsp3) is 0.455. The minimum absolute atomic E-state index is 0.0213. The number of hydrogen-bond acceptors (Lipinski definition) is 12. The largest absolute Gasteiger partial charge is 0.507 e. The number of aromatic nitrogens is 1. The molecule has 4 aliphatic rings. The van der Waals surface area contributed by atoms with E-state index in [0.717, 1.165) is 5.56 Å². The summed E-state index contributed by atoms with van der Waals surface area (Å²) in [4.78, 5) is 47.7. The number of fused-ring (bicyclic) bond motifs is 2. The van der Waals surface area contributed by atoms with Gasteiger partial charge in [0.15, 0.2) is 11.3 Å². The highest BCUT2D eigenvalue weighted by Gasteiger charge is 2.50. The predicted octanol–water partition coefficient (Wildman–Crippen LogP) is 6.50. The fourth-order valence-electron chi connectivity index (χ4n) is 7.79. The highest BCUT2D eigenvalue weighted by atomic mass is 16.7. The van der Waals surface area contributed by atoms with Gasteiger partial charge in [0.1, 0.15) is 28.4 Å². The van der Waals surface area contributed by atoms with E-state index in [-0.39, 0.29) is 56.3 Å². The first-order valence-electron chi connectivity index (χ1n) is 19.2. The Labute approximate surface area is 331 Å². The van der Waals surface area contributed by atoms with Crippen LogP contribution in [0.3, 0.4) is 0 Å². The second kappa shape index (κ2) is 15.7. The Balaban J connectivity index is 1.60. The van der Waals surface area contributed by atoms with Crippen LogP contribution in [0.15, 0.2) is 63.6 Å². The highest BCUT2D eigenvalue weighted by molar-refractivity contribution is 6.22. The lowest BCUT2D eigenvalue weighted by molar-refractivity contribution is -0.112. The quantitative estimate of drug-likeness (QED) is 0.109. The molecule has 304 valence electrons. The van der Waals surface area contributed by atoms with Gasteiger partial charge in [0.25, 0.3) is 11.7 Å². The number of hydrogen-bond donors (Lipinski definition) is 5. The number of phenols is 1. The van der Waals surface area contributed by atoms with E-state index in [1.807, 2.05) is 19.9 Å². The smallest absolute Gasteiger partial charge is 0.312 e. The summed E-state index contributed by atoms with van der Waals surface area (Å²) in [5, 5.41) is 47.9. The molecule has 0 radical (unpaired) electrons. The van der Waals surface area contributed by atoms with Crippen LogP contribution < -0.4 is 15.5 Å². The number of aromatic hydroxyl groups is 1. The number of nitrogens with one attached hydrogen (secondary N) is 1. The summed E-state index contributed by atoms with van der Waals surface area (Å²) in [6.07, 6.45) is 3.59. The lowest BCUT2D eigenvalue weighted by Gasteiger charge is -2.36. The number of amides is 1. The monoisotopic (exact) mass is 784 g/mol. The van der Waals surface area contributed by atoms with E-state index >= 15 is 0 Å². The normalized spacial score (nSPS) is 31.0. The van der Waals surface area contributed by atoms with Crippen molar-refractivity contribution in [1.82, 2.24) is 4.98 Å². The number of Topliss-reactive ketones (excluding diaryl/α,β-unsaturated/α-hetero) is 1. The lowest BCUT2D eigenvalue weighted by atomic mass is 9.78. The van der Waals surface area contributed by atoms with Crippen LogP contribution in [0, 0.1) is 30.6 Å². The number of carbonyl (C=O) groups excluding carboxylic acids is 2. The number of ether oxygens (including phenoxy) is 3. The summed E-state index contributed by atoms with van der Waals surface area (Å²) in [5.41, 5.74) is 0.810. The number of carbonyl (C=O) groups is 2. The van der Waals surface area contributed by atoms with Gasteiger partial charge < -0.3 is 44.4 Å². The molecular weight excluding hydrogens is 732 g/mol. The van der Waals surface area contributed by atoms with E-state index in [1.165, 1.54) is 39.4 Å². The van der Waals surface area contributed by atoms with Gasteiger partial charge >= 0.3 is 5.79 Å². The summed E-state index contributed by atoms with van der Waals surface area (Å²) < 4.78 is 24.3. The van der Waals surface area contributed by atoms with E-state index in [0.29, 0.717) is 11.1 Å². The van der Waals surface area contributed by atoms with Crippen LogP contribution in [0.1, 0.15) is 82.8 Å². The average Bonchev–Trinajstić information content (AvgIpc) is 3.45. The maximum Gasteiger partial charge on any atom is 0.312 e. The molecule has 3 aliphatic heterocycles. The number of allylic oxidation sites excluding steroid dienone is 2. The van der Waals surface area contributed by atoms with Crippen LogP contribution in [-0.2, 0) is 14.3 Å². The molecule has 2 aromatic rings. The van der Waals surface area contributed by atoms with Gasteiger partial charge in [-0.3, -0.25) is 14.4 Å². The lowest BCUT2D eigenvalue weighted by Crippen LogP contribution is -2.44. The first kappa shape index (κ1) is 41.6. The summed E-state index contributed by atoms with van der Waals surface area (Å²) >= 11 is 0. The van der Waals surface area contributed by atoms with Crippen molar-refractivity contribution in [2.75, 3.05) is 12.4 Å². The molecule has 5 N–H and O–H groups in total. The number of nitrogens with zero attached hydrogens (tertiary/aromatic N) is 1. The second-order valence-electron chi connectivity index (χ2n) is 16.0. The van der Waals surface area contributed by atoms with E-state index in [9.17, 15) is 34.8 Å². The summed E-state index contributed by atoms with van der Waals surface area (Å²) in [5.74, 6) is -6.20. The van der Waals surface area contributed by atoms with Crippen LogP contribution >= 0.6 is 0 Å². The zero-order chi connectivity index (χ0) is 41.8. The molecule has 6 rings (SSSR count). The van der Waals surface area contributed by atoms with E-state index < -0.39 is 76.7 Å². The second-order valence-corrected chi connectivity index (χ2v) is 16.0. The molecule has 1 aliphatic carbocycles. The topological polar surface area (TPSA) is 198 Å². The van der Waals surface area contributed by atoms with Gasteiger partial charge in [-0.05, 0) is 43.5 Å². The molecule has 0 fully saturated rings. The Bertz CT molecular complexity index is 2360. The molecule has 3 heterocycles. The first-order chi connectivity index (χ1) is 26.8. The van der Waals surface area contributed by atoms with Crippen molar-refractivity contribution in [2.24, 2.45) is 23.7 Å². The number of benzene rings is 3. The Morgan fingerprint density at radius 1 is 0.930 bits per heavy atom. The number of anilines is 1. The zero-order valence-corrected chi connectivity index (χ0v) is 33.9. The summed E-state index contributed by atoms with van der Waals surface area (Å²) in [7, 11) is 1.45. The van der Waals surface area contributed by atoms with Crippen molar-refractivity contribution >= 4 is 39.2 Å². The Morgan fingerprint density at radius 3 is 2.26 bits per heavy atom. The van der Waals surface area contributed by atoms with Crippen molar-refractivity contribution in [3.63, 3.8) is 0 Å². The van der Waals surface area contributed by atoms with Gasteiger partial charge in [-0.2, -0.15) is 0 Å². The molecule has 0 spiro atoms.